The zero-order valence-corrected chi connectivity index (χ0v) is 16.7. The van der Waals surface area contributed by atoms with E-state index < -0.39 is 0 Å². The van der Waals surface area contributed by atoms with E-state index in [9.17, 15) is 9.90 Å². The van der Waals surface area contributed by atoms with Crippen molar-refractivity contribution in [3.8, 4) is 17.6 Å². The van der Waals surface area contributed by atoms with Gasteiger partial charge in [-0.2, -0.15) is 0 Å². The van der Waals surface area contributed by atoms with E-state index in [1.807, 2.05) is 0 Å². The molecule has 1 fully saturated rings. The number of nitrogens with zero attached hydrogens (tertiary/aromatic N) is 3. The molecule has 152 valence electrons. The smallest absolute Gasteiger partial charge is 0.228 e. The molecule has 1 aliphatic rings. The number of nitrogens with one attached hydrogen (secondary N) is 2. The molecule has 3 aromatic heterocycles. The van der Waals surface area contributed by atoms with Crippen molar-refractivity contribution in [2.75, 3.05) is 24.8 Å². The summed E-state index contributed by atoms with van der Waals surface area (Å²) in [4.78, 5) is 25.1. The molecule has 1 aliphatic carbocycles. The summed E-state index contributed by atoms with van der Waals surface area (Å²) in [6.07, 6.45) is 6.74. The fourth-order valence-electron chi connectivity index (χ4n) is 3.04. The summed E-state index contributed by atoms with van der Waals surface area (Å²) in [5.41, 5.74) is 1.69. The molecule has 0 radical (unpaired) electrons. The van der Waals surface area contributed by atoms with E-state index in [1.54, 1.807) is 37.8 Å². The first kappa shape index (κ1) is 19.6. The molecule has 8 nitrogen and oxygen atoms in total. The molecule has 3 aromatic rings. The predicted molar refractivity (Wildman–Crippen MR) is 113 cm³/mol. The lowest BCUT2D eigenvalue weighted by atomic mass is 10.1. The number of aliphatic hydroxyl groups excluding tert-OH is 1. The standard InChI is InChI=1S/C22H21N5O3/c1-23-21-18-11-25-20(27-22(29)13-3-4-13)8-17(18)14(9-26-21)5-6-19-15(12-28)7-16(30-2)10-24-19/h7-11,13,28H,3-4,12H2,1-2H3,(H,23,26)(H,25,27,29). The van der Waals surface area contributed by atoms with Crippen molar-refractivity contribution in [2.45, 2.75) is 19.4 Å². The molecule has 3 N–H and O–H groups in total. The second-order valence-electron chi connectivity index (χ2n) is 6.94. The number of anilines is 2. The molecule has 0 saturated heterocycles. The van der Waals surface area contributed by atoms with Crippen LogP contribution in [0.1, 0.15) is 29.7 Å². The van der Waals surface area contributed by atoms with Gasteiger partial charge in [-0.15, -0.1) is 0 Å². The van der Waals surface area contributed by atoms with Crippen LogP contribution in [0.3, 0.4) is 0 Å². The minimum Gasteiger partial charge on any atom is -0.495 e. The van der Waals surface area contributed by atoms with Crippen molar-refractivity contribution in [3.63, 3.8) is 0 Å². The highest BCUT2D eigenvalue weighted by Crippen LogP contribution is 2.31. The molecule has 1 amide bonds. The van der Waals surface area contributed by atoms with Gasteiger partial charge in [0.25, 0.3) is 0 Å². The van der Waals surface area contributed by atoms with Gasteiger partial charge >= 0.3 is 0 Å². The molecule has 0 aliphatic heterocycles. The van der Waals surface area contributed by atoms with Crippen LogP contribution >= 0.6 is 0 Å². The van der Waals surface area contributed by atoms with Crippen LogP contribution in [0, 0.1) is 17.8 Å². The van der Waals surface area contributed by atoms with Gasteiger partial charge in [-0.05, 0) is 30.9 Å². The van der Waals surface area contributed by atoms with Crippen molar-refractivity contribution < 1.29 is 14.6 Å². The van der Waals surface area contributed by atoms with Crippen molar-refractivity contribution >= 4 is 28.3 Å². The molecule has 8 heteroatoms. The summed E-state index contributed by atoms with van der Waals surface area (Å²) in [6.45, 7) is -0.201. The van der Waals surface area contributed by atoms with Crippen LogP contribution in [0.4, 0.5) is 11.6 Å². The molecule has 0 aromatic carbocycles. The number of ether oxygens (including phenoxy) is 1. The third-order valence-corrected chi connectivity index (χ3v) is 4.87. The maximum atomic E-state index is 12.1. The summed E-state index contributed by atoms with van der Waals surface area (Å²) in [7, 11) is 3.32. The molecule has 1 saturated carbocycles. The van der Waals surface area contributed by atoms with Gasteiger partial charge in [0.15, 0.2) is 0 Å². The van der Waals surface area contributed by atoms with Crippen LogP contribution in [0.25, 0.3) is 10.8 Å². The predicted octanol–water partition coefficient (Wildman–Crippen LogP) is 2.32. The maximum Gasteiger partial charge on any atom is 0.228 e. The second kappa shape index (κ2) is 8.35. The molecule has 0 spiro atoms. The number of carbonyl (C=O) groups excluding carboxylic acids is 1. The van der Waals surface area contributed by atoms with Crippen LogP contribution in [0.15, 0.2) is 30.7 Å². The minimum atomic E-state index is -0.201. The summed E-state index contributed by atoms with van der Waals surface area (Å²) in [6, 6.07) is 3.50. The number of hydrogen-bond donors (Lipinski definition) is 3. The summed E-state index contributed by atoms with van der Waals surface area (Å²) in [5, 5.41) is 17.1. The van der Waals surface area contributed by atoms with E-state index in [-0.39, 0.29) is 18.4 Å². The Bertz CT molecular complexity index is 1180. The maximum absolute atomic E-state index is 12.1. The van der Waals surface area contributed by atoms with E-state index in [2.05, 4.69) is 37.4 Å². The molecule has 30 heavy (non-hydrogen) atoms. The number of amides is 1. The third kappa shape index (κ3) is 4.02. The highest BCUT2D eigenvalue weighted by Gasteiger charge is 2.29. The summed E-state index contributed by atoms with van der Waals surface area (Å²) in [5.74, 6) is 7.88. The van der Waals surface area contributed by atoms with Crippen LogP contribution in [0.5, 0.6) is 5.75 Å². The first-order valence-corrected chi connectivity index (χ1v) is 9.56. The monoisotopic (exact) mass is 403 g/mol. The normalized spacial score (nSPS) is 12.8. The van der Waals surface area contributed by atoms with E-state index in [1.165, 1.54) is 7.11 Å². The van der Waals surface area contributed by atoms with E-state index in [4.69, 9.17) is 4.74 Å². The highest BCUT2D eigenvalue weighted by atomic mass is 16.5. The first-order chi connectivity index (χ1) is 14.6. The number of aromatic nitrogens is 3. The van der Waals surface area contributed by atoms with E-state index in [0.29, 0.717) is 34.2 Å². The lowest BCUT2D eigenvalue weighted by Gasteiger charge is -2.09. The van der Waals surface area contributed by atoms with Gasteiger partial charge in [0.05, 0.1) is 25.5 Å². The average molecular weight is 403 g/mol. The first-order valence-electron chi connectivity index (χ1n) is 9.56. The Morgan fingerprint density at radius 3 is 2.70 bits per heavy atom. The Kier molecular flexibility index (Phi) is 5.46. The van der Waals surface area contributed by atoms with Gasteiger partial charge in [0, 0.05) is 41.7 Å². The molecule has 4 rings (SSSR count). The third-order valence-electron chi connectivity index (χ3n) is 4.87. The van der Waals surface area contributed by atoms with E-state index >= 15 is 0 Å². The minimum absolute atomic E-state index is 0.00704. The van der Waals surface area contributed by atoms with E-state index in [0.717, 1.165) is 23.6 Å². The molecule has 0 unspecified atom stereocenters. The lowest BCUT2D eigenvalue weighted by molar-refractivity contribution is -0.117. The average Bonchev–Trinajstić information content (AvgIpc) is 3.63. The Labute approximate surface area is 173 Å². The van der Waals surface area contributed by atoms with Crippen LogP contribution in [0.2, 0.25) is 0 Å². The fourth-order valence-corrected chi connectivity index (χ4v) is 3.04. The number of aliphatic hydroxyl groups is 1. The number of carbonyl (C=O) groups is 1. The van der Waals surface area contributed by atoms with Crippen molar-refractivity contribution in [2.24, 2.45) is 5.92 Å². The Balaban J connectivity index is 1.75. The molecule has 3 heterocycles. The Morgan fingerprint density at radius 1 is 1.17 bits per heavy atom. The topological polar surface area (TPSA) is 109 Å². The quantitative estimate of drug-likeness (QED) is 0.561. The van der Waals surface area contributed by atoms with Crippen molar-refractivity contribution in [3.05, 3.63) is 47.5 Å². The zero-order valence-electron chi connectivity index (χ0n) is 16.7. The summed E-state index contributed by atoms with van der Waals surface area (Å²) >= 11 is 0. The van der Waals surface area contributed by atoms with Gasteiger partial charge < -0.3 is 20.5 Å². The zero-order chi connectivity index (χ0) is 21.1. The second-order valence-corrected chi connectivity index (χ2v) is 6.94. The van der Waals surface area contributed by atoms with Crippen LogP contribution in [-0.2, 0) is 11.4 Å². The van der Waals surface area contributed by atoms with Crippen LogP contribution < -0.4 is 15.4 Å². The van der Waals surface area contributed by atoms with Gasteiger partial charge in [-0.3, -0.25) is 4.79 Å². The molecule has 0 atom stereocenters. The Morgan fingerprint density at radius 2 is 2.00 bits per heavy atom. The molecular weight excluding hydrogens is 382 g/mol. The number of rotatable bonds is 5. The van der Waals surface area contributed by atoms with Gasteiger partial charge in [-0.25, -0.2) is 15.0 Å². The lowest BCUT2D eigenvalue weighted by Crippen LogP contribution is -2.14. The van der Waals surface area contributed by atoms with Gasteiger partial charge in [0.1, 0.15) is 23.1 Å². The number of hydrogen-bond acceptors (Lipinski definition) is 7. The number of pyridine rings is 3. The fraction of sp³-hybridized carbons (Fsp3) is 0.273. The molecule has 0 bridgehead atoms. The summed E-state index contributed by atoms with van der Waals surface area (Å²) < 4.78 is 5.14. The number of methoxy groups -OCH3 is 1. The number of fused-ring (bicyclic) bond motifs is 1. The highest BCUT2D eigenvalue weighted by molar-refractivity contribution is 5.99. The van der Waals surface area contributed by atoms with Crippen molar-refractivity contribution in [1.29, 1.82) is 0 Å². The largest absolute Gasteiger partial charge is 0.495 e. The van der Waals surface area contributed by atoms with Crippen LogP contribution in [-0.4, -0.2) is 40.1 Å². The Hall–Kier alpha value is -3.70. The molecular formula is C22H21N5O3. The van der Waals surface area contributed by atoms with Gasteiger partial charge in [-0.1, -0.05) is 5.92 Å². The van der Waals surface area contributed by atoms with Gasteiger partial charge in [0.2, 0.25) is 5.91 Å². The SMILES string of the molecule is CNc1ncc(C#Cc2ncc(OC)cc2CO)c2cc(NC(=O)C3CC3)ncc12. The van der Waals surface area contributed by atoms with Crippen molar-refractivity contribution in [1.82, 2.24) is 15.0 Å².